The van der Waals surface area contributed by atoms with Crippen LogP contribution in [0.4, 0.5) is 0 Å². The summed E-state index contributed by atoms with van der Waals surface area (Å²) in [7, 11) is 1.29. The molecule has 0 saturated heterocycles. The lowest BCUT2D eigenvalue weighted by Crippen LogP contribution is -2.39. The van der Waals surface area contributed by atoms with Gasteiger partial charge in [-0.3, -0.25) is 4.79 Å². The molecule has 1 aromatic rings. The molecule has 1 atom stereocenters. The molecule has 0 aliphatic heterocycles. The molecule has 0 spiro atoms. The van der Waals surface area contributed by atoms with Crippen LogP contribution in [0.2, 0.25) is 0 Å². The molecule has 0 aliphatic carbocycles. The van der Waals surface area contributed by atoms with Crippen LogP contribution in [0.3, 0.4) is 0 Å². The maximum absolute atomic E-state index is 11.9. The predicted molar refractivity (Wildman–Crippen MR) is 74.1 cm³/mol. The standard InChI is InChI=1S/C15H21NO3/c1-10(14(18)19-5)16-13(17)11-6-8-12(9-7-11)15(2,3)4/h6-10H,1-5H3,(H,16,17)/t10-/m1/s1. The molecule has 4 nitrogen and oxygen atoms in total. The number of nitrogens with one attached hydrogen (secondary N) is 1. The molecule has 104 valence electrons. The third kappa shape index (κ3) is 4.09. The molecule has 0 fully saturated rings. The van der Waals surface area contributed by atoms with Crippen LogP contribution in [0, 0.1) is 0 Å². The summed E-state index contributed by atoms with van der Waals surface area (Å²) >= 11 is 0. The van der Waals surface area contributed by atoms with Crippen molar-refractivity contribution in [2.45, 2.75) is 39.2 Å². The second-order valence-corrected chi connectivity index (χ2v) is 5.55. The highest BCUT2D eigenvalue weighted by Gasteiger charge is 2.18. The topological polar surface area (TPSA) is 55.4 Å². The van der Waals surface area contributed by atoms with E-state index in [1.54, 1.807) is 19.1 Å². The van der Waals surface area contributed by atoms with Gasteiger partial charge in [-0.1, -0.05) is 32.9 Å². The third-order valence-corrected chi connectivity index (χ3v) is 2.92. The van der Waals surface area contributed by atoms with Crippen molar-refractivity contribution in [3.63, 3.8) is 0 Å². The average Bonchev–Trinajstić information content (AvgIpc) is 2.36. The number of benzene rings is 1. The molecule has 1 N–H and O–H groups in total. The highest BCUT2D eigenvalue weighted by atomic mass is 16.5. The predicted octanol–water partition coefficient (Wildman–Crippen LogP) is 2.28. The zero-order valence-electron chi connectivity index (χ0n) is 12.1. The summed E-state index contributed by atoms with van der Waals surface area (Å²) in [4.78, 5) is 23.1. The molecule has 1 amide bonds. The lowest BCUT2D eigenvalue weighted by atomic mass is 9.86. The maximum Gasteiger partial charge on any atom is 0.328 e. The van der Waals surface area contributed by atoms with Crippen LogP contribution in [-0.4, -0.2) is 25.0 Å². The second-order valence-electron chi connectivity index (χ2n) is 5.55. The first kappa shape index (κ1) is 15.2. The van der Waals surface area contributed by atoms with Gasteiger partial charge in [0.2, 0.25) is 0 Å². The van der Waals surface area contributed by atoms with Crippen molar-refractivity contribution in [2.24, 2.45) is 0 Å². The number of hydrogen-bond donors (Lipinski definition) is 1. The van der Waals surface area contributed by atoms with Crippen LogP contribution in [-0.2, 0) is 14.9 Å². The molecule has 1 aromatic carbocycles. The van der Waals surface area contributed by atoms with Gasteiger partial charge in [-0.15, -0.1) is 0 Å². The highest BCUT2D eigenvalue weighted by molar-refractivity contribution is 5.96. The summed E-state index contributed by atoms with van der Waals surface area (Å²) < 4.78 is 4.56. The molecule has 0 aromatic heterocycles. The van der Waals surface area contributed by atoms with E-state index in [1.165, 1.54) is 7.11 Å². The minimum absolute atomic E-state index is 0.0499. The van der Waals surface area contributed by atoms with E-state index >= 15 is 0 Å². The summed E-state index contributed by atoms with van der Waals surface area (Å²) in [5, 5.41) is 2.59. The smallest absolute Gasteiger partial charge is 0.328 e. The van der Waals surface area contributed by atoms with Crippen LogP contribution in [0.5, 0.6) is 0 Å². The Hall–Kier alpha value is -1.84. The maximum atomic E-state index is 11.9. The number of methoxy groups -OCH3 is 1. The van der Waals surface area contributed by atoms with E-state index in [1.807, 2.05) is 12.1 Å². The summed E-state index contributed by atoms with van der Waals surface area (Å²) in [6.45, 7) is 7.93. The fourth-order valence-corrected chi connectivity index (χ4v) is 1.64. The fraction of sp³-hybridized carbons (Fsp3) is 0.467. The fourth-order valence-electron chi connectivity index (χ4n) is 1.64. The van der Waals surface area contributed by atoms with Gasteiger partial charge in [-0.25, -0.2) is 4.79 Å². The monoisotopic (exact) mass is 263 g/mol. The lowest BCUT2D eigenvalue weighted by Gasteiger charge is -2.19. The van der Waals surface area contributed by atoms with E-state index in [-0.39, 0.29) is 11.3 Å². The molecule has 0 saturated carbocycles. The lowest BCUT2D eigenvalue weighted by molar-refractivity contribution is -0.142. The zero-order valence-corrected chi connectivity index (χ0v) is 12.1. The summed E-state index contributed by atoms with van der Waals surface area (Å²) in [5.74, 6) is -0.738. The summed E-state index contributed by atoms with van der Waals surface area (Å²) in [5.41, 5.74) is 1.74. The SMILES string of the molecule is COC(=O)[C@@H](C)NC(=O)c1ccc(C(C)(C)C)cc1. The van der Waals surface area contributed by atoms with E-state index in [9.17, 15) is 9.59 Å². The van der Waals surface area contributed by atoms with Crippen molar-refractivity contribution in [3.8, 4) is 0 Å². The second kappa shape index (κ2) is 5.87. The van der Waals surface area contributed by atoms with E-state index in [0.29, 0.717) is 5.56 Å². The van der Waals surface area contributed by atoms with E-state index in [0.717, 1.165) is 5.56 Å². The van der Waals surface area contributed by atoms with Crippen LogP contribution in [0.1, 0.15) is 43.6 Å². The Bertz CT molecular complexity index is 457. The number of carbonyl (C=O) groups excluding carboxylic acids is 2. The quantitative estimate of drug-likeness (QED) is 0.851. The largest absolute Gasteiger partial charge is 0.467 e. The Morgan fingerprint density at radius 1 is 1.16 bits per heavy atom. The van der Waals surface area contributed by atoms with Crippen molar-refractivity contribution in [2.75, 3.05) is 7.11 Å². The number of rotatable bonds is 3. The van der Waals surface area contributed by atoms with Crippen molar-refractivity contribution < 1.29 is 14.3 Å². The Labute approximate surface area is 114 Å². The first-order valence-corrected chi connectivity index (χ1v) is 6.25. The van der Waals surface area contributed by atoms with Gasteiger partial charge in [-0.2, -0.15) is 0 Å². The molecule has 0 heterocycles. The van der Waals surface area contributed by atoms with Gasteiger partial charge in [-0.05, 0) is 30.0 Å². The van der Waals surface area contributed by atoms with Crippen molar-refractivity contribution >= 4 is 11.9 Å². The van der Waals surface area contributed by atoms with Crippen LogP contribution < -0.4 is 5.32 Å². The summed E-state index contributed by atoms with van der Waals surface area (Å²) in [6.07, 6.45) is 0. The number of hydrogen-bond acceptors (Lipinski definition) is 3. The molecular formula is C15H21NO3. The molecule has 19 heavy (non-hydrogen) atoms. The van der Waals surface area contributed by atoms with Crippen LogP contribution in [0.15, 0.2) is 24.3 Å². The molecule has 0 aliphatic rings. The number of ether oxygens (including phenoxy) is 1. The third-order valence-electron chi connectivity index (χ3n) is 2.92. The molecule has 0 radical (unpaired) electrons. The van der Waals surface area contributed by atoms with E-state index in [4.69, 9.17) is 0 Å². The van der Waals surface area contributed by atoms with Crippen LogP contribution >= 0.6 is 0 Å². The van der Waals surface area contributed by atoms with Gasteiger partial charge < -0.3 is 10.1 Å². The first-order chi connectivity index (χ1) is 8.75. The van der Waals surface area contributed by atoms with E-state index < -0.39 is 12.0 Å². The van der Waals surface area contributed by atoms with Gasteiger partial charge in [0.1, 0.15) is 6.04 Å². The molecule has 0 unspecified atom stereocenters. The molecular weight excluding hydrogens is 242 g/mol. The molecule has 4 heteroatoms. The normalized spacial score (nSPS) is 12.7. The van der Waals surface area contributed by atoms with Crippen molar-refractivity contribution in [3.05, 3.63) is 35.4 Å². The van der Waals surface area contributed by atoms with Crippen LogP contribution in [0.25, 0.3) is 0 Å². The Morgan fingerprint density at radius 2 is 1.68 bits per heavy atom. The van der Waals surface area contributed by atoms with Gasteiger partial charge in [0, 0.05) is 5.56 Å². The molecule has 0 bridgehead atoms. The average molecular weight is 263 g/mol. The van der Waals surface area contributed by atoms with Gasteiger partial charge >= 0.3 is 5.97 Å². The van der Waals surface area contributed by atoms with Crippen molar-refractivity contribution in [1.29, 1.82) is 0 Å². The number of carbonyl (C=O) groups is 2. The van der Waals surface area contributed by atoms with Gasteiger partial charge in [0.05, 0.1) is 7.11 Å². The summed E-state index contributed by atoms with van der Waals surface area (Å²) in [6, 6.07) is 6.73. The first-order valence-electron chi connectivity index (χ1n) is 6.25. The minimum Gasteiger partial charge on any atom is -0.467 e. The minimum atomic E-state index is -0.653. The number of esters is 1. The number of amides is 1. The highest BCUT2D eigenvalue weighted by Crippen LogP contribution is 2.22. The van der Waals surface area contributed by atoms with Crippen molar-refractivity contribution in [1.82, 2.24) is 5.32 Å². The van der Waals surface area contributed by atoms with Gasteiger partial charge in [0.25, 0.3) is 5.91 Å². The Morgan fingerprint density at radius 3 is 2.11 bits per heavy atom. The Kier molecular flexibility index (Phi) is 4.70. The Balaban J connectivity index is 2.76. The van der Waals surface area contributed by atoms with Gasteiger partial charge in [0.15, 0.2) is 0 Å². The van der Waals surface area contributed by atoms with E-state index in [2.05, 4.69) is 30.8 Å². The molecule has 1 rings (SSSR count). The zero-order chi connectivity index (χ0) is 14.6.